The van der Waals surface area contributed by atoms with Crippen LogP contribution in [0.25, 0.3) is 22.2 Å². The first-order valence-electron chi connectivity index (χ1n) is 10.9. The molecule has 0 spiro atoms. The van der Waals surface area contributed by atoms with Gasteiger partial charge in [0.2, 0.25) is 0 Å². The lowest BCUT2D eigenvalue weighted by atomic mass is 10.1. The molecule has 1 N–H and O–H groups in total. The van der Waals surface area contributed by atoms with Crippen molar-refractivity contribution in [3.8, 4) is 17.0 Å². The highest BCUT2D eigenvalue weighted by Gasteiger charge is 2.11. The van der Waals surface area contributed by atoms with Crippen molar-refractivity contribution in [2.45, 2.75) is 13.5 Å². The van der Waals surface area contributed by atoms with E-state index in [-0.39, 0.29) is 5.91 Å². The topological polar surface area (TPSA) is 81.9 Å². The summed E-state index contributed by atoms with van der Waals surface area (Å²) >= 11 is 0. The second-order valence-corrected chi connectivity index (χ2v) is 7.99. The van der Waals surface area contributed by atoms with Gasteiger partial charge in [-0.2, -0.15) is 0 Å². The minimum Gasteiger partial charge on any atom is -0.489 e. The molecule has 0 aliphatic carbocycles. The van der Waals surface area contributed by atoms with Crippen molar-refractivity contribution in [3.63, 3.8) is 0 Å². The average Bonchev–Trinajstić information content (AvgIpc) is 3.21. The van der Waals surface area contributed by atoms with E-state index in [4.69, 9.17) is 4.74 Å². The van der Waals surface area contributed by atoms with E-state index in [9.17, 15) is 4.79 Å². The second-order valence-electron chi connectivity index (χ2n) is 7.99. The van der Waals surface area contributed by atoms with Crippen LogP contribution in [-0.2, 0) is 13.7 Å². The average molecular weight is 450 g/mol. The minimum atomic E-state index is -0.243. The lowest BCUT2D eigenvalue weighted by Gasteiger charge is -2.09. The van der Waals surface area contributed by atoms with Crippen LogP contribution in [0.15, 0.2) is 85.3 Å². The molecule has 0 aliphatic heterocycles. The molecular formula is C27H23N5O2. The molecule has 0 atom stereocenters. The van der Waals surface area contributed by atoms with Gasteiger partial charge in [-0.3, -0.25) is 9.78 Å². The zero-order valence-electron chi connectivity index (χ0n) is 18.9. The number of carbonyl (C=O) groups is 1. The van der Waals surface area contributed by atoms with E-state index in [1.807, 2.05) is 67.2 Å². The summed E-state index contributed by atoms with van der Waals surface area (Å²) in [7, 11) is 1.97. The standard InChI is InChI=1S/C27H23N5O2/c1-18-28-16-25(32(18)2)22-12-21-13-26(30-15-24(21)29-14-22)31-27(33)20-8-10-23(11-9-20)34-17-19-6-4-3-5-7-19/h3-16H,17H2,1-2H3,(H,30,31,33). The summed E-state index contributed by atoms with van der Waals surface area (Å²) in [4.78, 5) is 26.0. The third-order valence-corrected chi connectivity index (χ3v) is 5.69. The van der Waals surface area contributed by atoms with Gasteiger partial charge in [-0.05, 0) is 48.9 Å². The smallest absolute Gasteiger partial charge is 0.256 e. The van der Waals surface area contributed by atoms with Crippen molar-refractivity contribution >= 4 is 22.6 Å². The molecular weight excluding hydrogens is 426 g/mol. The van der Waals surface area contributed by atoms with Crippen LogP contribution in [-0.4, -0.2) is 25.4 Å². The van der Waals surface area contributed by atoms with Crippen molar-refractivity contribution in [2.75, 3.05) is 5.32 Å². The van der Waals surface area contributed by atoms with Crippen molar-refractivity contribution in [1.29, 1.82) is 0 Å². The predicted octanol–water partition coefficient (Wildman–Crippen LogP) is 5.17. The van der Waals surface area contributed by atoms with Crippen molar-refractivity contribution < 1.29 is 9.53 Å². The summed E-state index contributed by atoms with van der Waals surface area (Å²) < 4.78 is 7.81. The Labute approximate surface area is 197 Å². The molecule has 2 aromatic carbocycles. The molecule has 34 heavy (non-hydrogen) atoms. The number of fused-ring (bicyclic) bond motifs is 1. The van der Waals surface area contributed by atoms with Crippen molar-refractivity contribution in [2.24, 2.45) is 7.05 Å². The van der Waals surface area contributed by atoms with E-state index >= 15 is 0 Å². The van der Waals surface area contributed by atoms with E-state index < -0.39 is 0 Å². The van der Waals surface area contributed by atoms with Crippen LogP contribution in [0.4, 0.5) is 5.82 Å². The molecule has 0 aliphatic rings. The minimum absolute atomic E-state index is 0.243. The molecule has 7 nitrogen and oxygen atoms in total. The summed E-state index contributed by atoms with van der Waals surface area (Å²) in [6.45, 7) is 2.43. The largest absolute Gasteiger partial charge is 0.489 e. The molecule has 168 valence electrons. The molecule has 5 rings (SSSR count). The van der Waals surface area contributed by atoms with Gasteiger partial charge in [0.1, 0.15) is 24.0 Å². The maximum atomic E-state index is 12.8. The molecule has 3 aromatic heterocycles. The van der Waals surface area contributed by atoms with Gasteiger partial charge < -0.3 is 14.6 Å². The molecule has 3 heterocycles. The Morgan fingerprint density at radius 3 is 2.47 bits per heavy atom. The van der Waals surface area contributed by atoms with E-state index in [0.29, 0.717) is 23.7 Å². The molecule has 0 saturated carbocycles. The summed E-state index contributed by atoms with van der Waals surface area (Å²) in [6, 6.07) is 20.8. The fourth-order valence-corrected chi connectivity index (χ4v) is 3.64. The third kappa shape index (κ3) is 4.49. The van der Waals surface area contributed by atoms with E-state index in [2.05, 4.69) is 20.3 Å². The molecule has 7 heteroatoms. The Hall–Kier alpha value is -4.52. The number of nitrogens with zero attached hydrogens (tertiary/aromatic N) is 4. The molecule has 0 radical (unpaired) electrons. The fraction of sp³-hybridized carbons (Fsp3) is 0.111. The summed E-state index contributed by atoms with van der Waals surface area (Å²) in [5, 5.41) is 3.75. The highest BCUT2D eigenvalue weighted by Crippen LogP contribution is 2.24. The molecule has 0 fully saturated rings. The Morgan fingerprint density at radius 1 is 0.941 bits per heavy atom. The highest BCUT2D eigenvalue weighted by molar-refractivity contribution is 6.04. The number of carbonyl (C=O) groups excluding carboxylic acids is 1. The van der Waals surface area contributed by atoms with Crippen molar-refractivity contribution in [3.05, 3.63) is 102 Å². The number of rotatable bonds is 6. The number of aromatic nitrogens is 4. The maximum absolute atomic E-state index is 12.8. The Morgan fingerprint density at radius 2 is 1.74 bits per heavy atom. The van der Waals surface area contributed by atoms with Gasteiger partial charge in [0, 0.05) is 29.8 Å². The van der Waals surface area contributed by atoms with Gasteiger partial charge in [0.25, 0.3) is 5.91 Å². The van der Waals surface area contributed by atoms with Gasteiger partial charge >= 0.3 is 0 Å². The van der Waals surface area contributed by atoms with Gasteiger partial charge in [0.05, 0.1) is 23.6 Å². The maximum Gasteiger partial charge on any atom is 0.256 e. The monoisotopic (exact) mass is 449 g/mol. The van der Waals surface area contributed by atoms with Crippen molar-refractivity contribution in [1.82, 2.24) is 19.5 Å². The van der Waals surface area contributed by atoms with Crippen LogP contribution >= 0.6 is 0 Å². The number of hydrogen-bond donors (Lipinski definition) is 1. The highest BCUT2D eigenvalue weighted by atomic mass is 16.5. The number of benzene rings is 2. The van der Waals surface area contributed by atoms with Crippen LogP contribution in [0.2, 0.25) is 0 Å². The number of hydrogen-bond acceptors (Lipinski definition) is 5. The van der Waals surface area contributed by atoms with Gasteiger partial charge in [-0.25, -0.2) is 9.97 Å². The quantitative estimate of drug-likeness (QED) is 0.387. The number of nitrogens with one attached hydrogen (secondary N) is 1. The van der Waals surface area contributed by atoms with Crippen LogP contribution in [0.3, 0.4) is 0 Å². The molecule has 0 bridgehead atoms. The lowest BCUT2D eigenvalue weighted by Crippen LogP contribution is -2.12. The molecule has 1 amide bonds. The molecule has 5 aromatic rings. The number of pyridine rings is 2. The van der Waals surface area contributed by atoms with E-state index in [1.54, 1.807) is 36.7 Å². The van der Waals surface area contributed by atoms with Gasteiger partial charge in [-0.15, -0.1) is 0 Å². The SMILES string of the molecule is Cc1ncc(-c2cnc3cnc(NC(=O)c4ccc(OCc5ccccc5)cc4)cc3c2)n1C. The zero-order chi connectivity index (χ0) is 23.5. The first kappa shape index (κ1) is 21.3. The lowest BCUT2D eigenvalue weighted by molar-refractivity contribution is 0.102. The molecule has 0 unspecified atom stereocenters. The number of aryl methyl sites for hydroxylation is 1. The number of imidazole rings is 1. The first-order valence-corrected chi connectivity index (χ1v) is 10.9. The van der Waals surface area contributed by atoms with Gasteiger partial charge in [-0.1, -0.05) is 30.3 Å². The van der Waals surface area contributed by atoms with Crippen LogP contribution < -0.4 is 10.1 Å². The zero-order valence-corrected chi connectivity index (χ0v) is 18.9. The van der Waals surface area contributed by atoms with E-state index in [1.165, 1.54) is 0 Å². The normalized spacial score (nSPS) is 10.9. The second kappa shape index (κ2) is 9.15. The summed E-state index contributed by atoms with van der Waals surface area (Å²) in [5.41, 5.74) is 4.28. The predicted molar refractivity (Wildman–Crippen MR) is 132 cm³/mol. The fourth-order valence-electron chi connectivity index (χ4n) is 3.64. The van der Waals surface area contributed by atoms with E-state index in [0.717, 1.165) is 33.5 Å². The summed E-state index contributed by atoms with van der Waals surface area (Å²) in [5.74, 6) is 1.84. The van der Waals surface area contributed by atoms with Crippen LogP contribution in [0.1, 0.15) is 21.7 Å². The van der Waals surface area contributed by atoms with Gasteiger partial charge in [0.15, 0.2) is 0 Å². The number of amides is 1. The summed E-state index contributed by atoms with van der Waals surface area (Å²) in [6.07, 6.45) is 5.29. The third-order valence-electron chi connectivity index (χ3n) is 5.69. The first-order chi connectivity index (χ1) is 16.6. The Kier molecular flexibility index (Phi) is 5.74. The Balaban J connectivity index is 1.29. The molecule has 0 saturated heterocycles. The van der Waals surface area contributed by atoms with Crippen LogP contribution in [0, 0.1) is 6.92 Å². The van der Waals surface area contributed by atoms with Crippen LogP contribution in [0.5, 0.6) is 5.75 Å². The number of ether oxygens (including phenoxy) is 1. The Bertz CT molecular complexity index is 1460. The number of anilines is 1.